The quantitative estimate of drug-likeness (QED) is 0.768. The maximum Gasteiger partial charge on any atom is 0.410 e. The molecule has 2 heterocycles. The largest absolute Gasteiger partial charge is 0.444 e. The zero-order valence-electron chi connectivity index (χ0n) is 15.4. The average molecular weight is 341 g/mol. The Morgan fingerprint density at radius 2 is 1.75 bits per heavy atom. The number of ether oxygens (including phenoxy) is 2. The number of nitrogens with zero attached hydrogens (tertiary/aromatic N) is 3. The van der Waals surface area contributed by atoms with E-state index in [-0.39, 0.29) is 24.6 Å². The highest BCUT2D eigenvalue weighted by Crippen LogP contribution is 2.22. The van der Waals surface area contributed by atoms with Crippen molar-refractivity contribution in [1.82, 2.24) is 14.7 Å². The van der Waals surface area contributed by atoms with Crippen LogP contribution in [0.25, 0.3) is 0 Å². The Morgan fingerprint density at radius 1 is 1.08 bits per heavy atom. The summed E-state index contributed by atoms with van der Waals surface area (Å²) in [5.74, 6) is 0.0494. The van der Waals surface area contributed by atoms with Crippen molar-refractivity contribution >= 4 is 12.0 Å². The van der Waals surface area contributed by atoms with Gasteiger partial charge >= 0.3 is 6.09 Å². The highest BCUT2D eigenvalue weighted by atomic mass is 16.6. The molecule has 138 valence electrons. The molecule has 0 aliphatic carbocycles. The summed E-state index contributed by atoms with van der Waals surface area (Å²) in [6, 6.07) is 0.209. The van der Waals surface area contributed by atoms with Gasteiger partial charge in [0.05, 0.1) is 0 Å². The van der Waals surface area contributed by atoms with E-state index in [0.717, 1.165) is 52.1 Å². The number of carbonyl (C=O) groups is 2. The van der Waals surface area contributed by atoms with Crippen molar-refractivity contribution in [3.05, 3.63) is 0 Å². The van der Waals surface area contributed by atoms with Crippen molar-refractivity contribution < 1.29 is 19.1 Å². The number of piperazine rings is 1. The van der Waals surface area contributed by atoms with Gasteiger partial charge in [-0.3, -0.25) is 9.69 Å². The summed E-state index contributed by atoms with van der Waals surface area (Å²) >= 11 is 0. The van der Waals surface area contributed by atoms with E-state index in [0.29, 0.717) is 0 Å². The summed E-state index contributed by atoms with van der Waals surface area (Å²) in [5, 5.41) is 0. The first-order valence-corrected chi connectivity index (χ1v) is 8.79. The highest BCUT2D eigenvalue weighted by Gasteiger charge is 2.34. The molecule has 0 radical (unpaired) electrons. The van der Waals surface area contributed by atoms with Crippen molar-refractivity contribution in [2.24, 2.45) is 0 Å². The Hall–Kier alpha value is -1.34. The van der Waals surface area contributed by atoms with Crippen molar-refractivity contribution in [3.8, 4) is 0 Å². The number of hydrogen-bond donors (Lipinski definition) is 0. The summed E-state index contributed by atoms with van der Waals surface area (Å²) in [4.78, 5) is 30.2. The summed E-state index contributed by atoms with van der Waals surface area (Å²) in [5.41, 5.74) is -0.461. The van der Waals surface area contributed by atoms with E-state index < -0.39 is 5.60 Å². The molecule has 2 aliphatic rings. The molecule has 0 saturated carbocycles. The van der Waals surface area contributed by atoms with Crippen LogP contribution in [-0.2, 0) is 14.3 Å². The van der Waals surface area contributed by atoms with Gasteiger partial charge in [0.25, 0.3) is 0 Å². The molecular weight excluding hydrogens is 310 g/mol. The molecule has 2 fully saturated rings. The van der Waals surface area contributed by atoms with Crippen molar-refractivity contribution in [2.75, 3.05) is 53.0 Å². The number of methoxy groups -OCH3 is 1. The van der Waals surface area contributed by atoms with Crippen LogP contribution in [0.2, 0.25) is 0 Å². The molecule has 0 spiro atoms. The third kappa shape index (κ3) is 5.34. The van der Waals surface area contributed by atoms with E-state index in [9.17, 15) is 9.59 Å². The van der Waals surface area contributed by atoms with Crippen molar-refractivity contribution in [3.63, 3.8) is 0 Å². The first-order valence-electron chi connectivity index (χ1n) is 8.79. The average Bonchev–Trinajstić information content (AvgIpc) is 2.95. The highest BCUT2D eigenvalue weighted by molar-refractivity contribution is 5.77. The second-order valence-corrected chi connectivity index (χ2v) is 7.58. The second kappa shape index (κ2) is 8.16. The molecule has 0 N–H and O–H groups in total. The van der Waals surface area contributed by atoms with Crippen LogP contribution < -0.4 is 0 Å². The predicted molar refractivity (Wildman–Crippen MR) is 90.9 cm³/mol. The smallest absolute Gasteiger partial charge is 0.410 e. The molecular formula is C17H31N3O4. The van der Waals surface area contributed by atoms with Gasteiger partial charge in [0.15, 0.2) is 0 Å². The van der Waals surface area contributed by atoms with E-state index in [1.165, 1.54) is 0 Å². The first kappa shape index (κ1) is 19.0. The van der Waals surface area contributed by atoms with Crippen LogP contribution in [0.5, 0.6) is 0 Å². The lowest BCUT2D eigenvalue weighted by Crippen LogP contribution is -2.53. The van der Waals surface area contributed by atoms with Crippen LogP contribution in [0.15, 0.2) is 0 Å². The monoisotopic (exact) mass is 341 g/mol. The molecule has 7 heteroatoms. The van der Waals surface area contributed by atoms with E-state index >= 15 is 0 Å². The maximum absolute atomic E-state index is 12.3. The predicted octanol–water partition coefficient (Wildman–Crippen LogP) is 1.18. The molecule has 1 unspecified atom stereocenters. The van der Waals surface area contributed by atoms with E-state index in [1.54, 1.807) is 7.11 Å². The van der Waals surface area contributed by atoms with Gasteiger partial charge in [-0.2, -0.15) is 0 Å². The molecule has 0 aromatic rings. The Balaban J connectivity index is 1.81. The topological polar surface area (TPSA) is 62.3 Å². The molecule has 1 atom stereocenters. The van der Waals surface area contributed by atoms with E-state index in [4.69, 9.17) is 9.47 Å². The van der Waals surface area contributed by atoms with Crippen LogP contribution in [0.4, 0.5) is 4.79 Å². The normalized spacial score (nSPS) is 22.8. The fourth-order valence-corrected chi connectivity index (χ4v) is 3.28. The van der Waals surface area contributed by atoms with Crippen LogP contribution >= 0.6 is 0 Å². The molecule has 0 bridgehead atoms. The van der Waals surface area contributed by atoms with E-state index in [1.807, 2.05) is 30.6 Å². The van der Waals surface area contributed by atoms with Gasteiger partial charge in [0.1, 0.15) is 12.2 Å². The van der Waals surface area contributed by atoms with Gasteiger partial charge < -0.3 is 19.3 Å². The molecule has 7 nitrogen and oxygen atoms in total. The van der Waals surface area contributed by atoms with Gasteiger partial charge in [-0.25, -0.2) is 4.79 Å². The zero-order chi connectivity index (χ0) is 17.7. The molecule has 24 heavy (non-hydrogen) atoms. The van der Waals surface area contributed by atoms with Gasteiger partial charge in [-0.05, 0) is 33.6 Å². The number of hydrogen-bond acceptors (Lipinski definition) is 5. The Labute approximate surface area is 144 Å². The van der Waals surface area contributed by atoms with Gasteiger partial charge in [-0.15, -0.1) is 0 Å². The number of amides is 2. The summed E-state index contributed by atoms with van der Waals surface area (Å²) in [6.45, 7) is 10.6. The zero-order valence-corrected chi connectivity index (χ0v) is 15.4. The lowest BCUT2D eigenvalue weighted by Gasteiger charge is -2.37. The molecule has 0 aromatic carbocycles. The Kier molecular flexibility index (Phi) is 6.46. The maximum atomic E-state index is 12.3. The third-order valence-corrected chi connectivity index (χ3v) is 4.47. The molecule has 2 saturated heterocycles. The van der Waals surface area contributed by atoms with Crippen LogP contribution in [-0.4, -0.2) is 91.3 Å². The number of carbonyl (C=O) groups excluding carboxylic acids is 2. The van der Waals surface area contributed by atoms with Crippen LogP contribution in [0, 0.1) is 0 Å². The van der Waals surface area contributed by atoms with Crippen LogP contribution in [0.1, 0.15) is 33.6 Å². The van der Waals surface area contributed by atoms with Gasteiger partial charge in [0.2, 0.25) is 5.91 Å². The fraction of sp³-hybridized carbons (Fsp3) is 0.882. The molecule has 0 aromatic heterocycles. The van der Waals surface area contributed by atoms with Gasteiger partial charge in [-0.1, -0.05) is 0 Å². The number of rotatable bonds is 4. The van der Waals surface area contributed by atoms with Crippen LogP contribution in [0.3, 0.4) is 0 Å². The molecule has 2 aliphatic heterocycles. The Bertz CT molecular complexity index is 442. The standard InChI is InChI=1S/C17H31N3O4/c1-17(2,3)24-16(22)20-7-5-6-14(20)12-18-8-10-19(11-9-18)15(21)13-23-4/h14H,5-13H2,1-4H3. The number of likely N-dealkylation sites (tertiary alicyclic amines) is 1. The van der Waals surface area contributed by atoms with Crippen molar-refractivity contribution in [1.29, 1.82) is 0 Å². The minimum Gasteiger partial charge on any atom is -0.444 e. The van der Waals surface area contributed by atoms with E-state index in [2.05, 4.69) is 4.90 Å². The SMILES string of the molecule is COCC(=O)N1CCN(CC2CCCN2C(=O)OC(C)(C)C)CC1. The minimum absolute atomic E-state index is 0.0494. The third-order valence-electron chi connectivity index (χ3n) is 4.47. The van der Waals surface area contributed by atoms with Crippen molar-refractivity contribution in [2.45, 2.75) is 45.3 Å². The molecule has 2 amide bonds. The summed E-state index contributed by atoms with van der Waals surface area (Å²) < 4.78 is 10.4. The first-order chi connectivity index (χ1) is 11.3. The lowest BCUT2D eigenvalue weighted by molar-refractivity contribution is -0.136. The summed E-state index contributed by atoms with van der Waals surface area (Å²) in [6.07, 6.45) is 1.83. The fourth-order valence-electron chi connectivity index (χ4n) is 3.28. The minimum atomic E-state index is -0.461. The Morgan fingerprint density at radius 3 is 2.33 bits per heavy atom. The lowest BCUT2D eigenvalue weighted by atomic mass is 10.2. The second-order valence-electron chi connectivity index (χ2n) is 7.58. The molecule has 2 rings (SSSR count). The van der Waals surface area contributed by atoms with Gasteiger partial charge in [0, 0.05) is 52.4 Å². The summed E-state index contributed by atoms with van der Waals surface area (Å²) in [7, 11) is 1.54.